The van der Waals surface area contributed by atoms with Crippen LogP contribution in [-0.4, -0.2) is 54.2 Å². The second kappa shape index (κ2) is 10.1. The maximum Gasteiger partial charge on any atom is 0.308 e. The second-order valence-electron chi connectivity index (χ2n) is 7.51. The monoisotopic (exact) mass is 425 g/mol. The standard InChI is InChI=1S/C21H24BN3O6/c22-21(30)23-10-3-11-31-14-8-6-13-7-9-16(19(27)25(13)12-14)18(26)24-17-5-2-1-4-15(17)20(28)29/h6-9,12,15,17H,1-5,10-11H2,(H,23,30)(H,24,26)(H,28,29)/t15-,17-/m1/s1. The van der Waals surface area contributed by atoms with E-state index in [0.29, 0.717) is 43.7 Å². The van der Waals surface area contributed by atoms with E-state index in [1.54, 1.807) is 18.2 Å². The van der Waals surface area contributed by atoms with Crippen LogP contribution in [0.4, 0.5) is 4.79 Å². The largest absolute Gasteiger partial charge is 0.492 e. The molecule has 1 fully saturated rings. The lowest BCUT2D eigenvalue weighted by Gasteiger charge is -2.29. The molecule has 3 N–H and O–H groups in total. The van der Waals surface area contributed by atoms with E-state index in [9.17, 15) is 24.3 Å². The van der Waals surface area contributed by atoms with Crippen molar-refractivity contribution < 1.29 is 24.2 Å². The fourth-order valence-electron chi connectivity index (χ4n) is 3.75. The fourth-order valence-corrected chi connectivity index (χ4v) is 3.75. The van der Waals surface area contributed by atoms with E-state index in [-0.39, 0.29) is 5.56 Å². The molecule has 1 saturated carbocycles. The number of amides is 2. The number of rotatable bonds is 8. The van der Waals surface area contributed by atoms with E-state index >= 15 is 0 Å². The van der Waals surface area contributed by atoms with Crippen LogP contribution in [-0.2, 0) is 4.79 Å². The van der Waals surface area contributed by atoms with Crippen molar-refractivity contribution >= 4 is 31.0 Å². The number of carboxylic acid groups (broad SMARTS) is 1. The summed E-state index contributed by atoms with van der Waals surface area (Å²) in [5.74, 6) is -2.34. The number of aromatic nitrogens is 1. The summed E-state index contributed by atoms with van der Waals surface area (Å²) in [6, 6.07) is 5.99. The number of ether oxygens (including phenoxy) is 1. The fraction of sp³-hybridized carbons (Fsp3) is 0.429. The highest BCUT2D eigenvalue weighted by Gasteiger charge is 2.32. The topological polar surface area (TPSA) is 126 Å². The number of hydrogen-bond donors (Lipinski definition) is 3. The Morgan fingerprint density at radius 3 is 2.65 bits per heavy atom. The van der Waals surface area contributed by atoms with E-state index in [4.69, 9.17) is 12.6 Å². The smallest absolute Gasteiger partial charge is 0.308 e. The Labute approximate surface area is 180 Å². The van der Waals surface area contributed by atoms with Crippen molar-refractivity contribution in [3.63, 3.8) is 0 Å². The van der Waals surface area contributed by atoms with Crippen molar-refractivity contribution in [2.24, 2.45) is 5.92 Å². The average molecular weight is 425 g/mol. The lowest BCUT2D eigenvalue weighted by atomic mass is 9.84. The molecule has 2 atom stereocenters. The maximum atomic E-state index is 12.9. The van der Waals surface area contributed by atoms with Gasteiger partial charge in [-0.05, 0) is 43.5 Å². The number of carbonyl (C=O) groups is 3. The van der Waals surface area contributed by atoms with Gasteiger partial charge in [-0.1, -0.05) is 12.8 Å². The normalized spacial score (nSPS) is 18.3. The van der Waals surface area contributed by atoms with Crippen LogP contribution in [0.15, 0.2) is 35.3 Å². The Bertz CT molecular complexity index is 1040. The van der Waals surface area contributed by atoms with Crippen LogP contribution in [0.5, 0.6) is 5.75 Å². The van der Waals surface area contributed by atoms with Gasteiger partial charge in [0.15, 0.2) is 13.7 Å². The van der Waals surface area contributed by atoms with Gasteiger partial charge >= 0.3 is 5.97 Å². The lowest BCUT2D eigenvalue weighted by Crippen LogP contribution is -2.46. The molecule has 2 aromatic rings. The van der Waals surface area contributed by atoms with Gasteiger partial charge in [-0.3, -0.25) is 23.6 Å². The van der Waals surface area contributed by atoms with Gasteiger partial charge in [0.05, 0.1) is 18.7 Å². The van der Waals surface area contributed by atoms with Crippen molar-refractivity contribution in [2.75, 3.05) is 13.2 Å². The number of carboxylic acids is 1. The summed E-state index contributed by atoms with van der Waals surface area (Å²) in [4.78, 5) is 47.8. The highest BCUT2D eigenvalue weighted by atomic mass is 16.5. The van der Waals surface area contributed by atoms with Crippen LogP contribution in [0.25, 0.3) is 5.52 Å². The zero-order chi connectivity index (χ0) is 22.4. The Hall–Kier alpha value is -3.30. The Balaban J connectivity index is 1.73. The SMILES string of the molecule is [B]C(=O)NCCCOc1ccc2ccc(C(=O)N[C@@H]3CCCC[C@H]3C(=O)O)c(=O)n2c1. The molecular weight excluding hydrogens is 401 g/mol. The predicted molar refractivity (Wildman–Crippen MR) is 114 cm³/mol. The minimum Gasteiger partial charge on any atom is -0.492 e. The van der Waals surface area contributed by atoms with E-state index < -0.39 is 35.2 Å². The number of pyridine rings is 2. The molecule has 0 saturated heterocycles. The number of hydrogen-bond acceptors (Lipinski definition) is 5. The average Bonchev–Trinajstić information content (AvgIpc) is 2.74. The van der Waals surface area contributed by atoms with Gasteiger partial charge in [-0.25, -0.2) is 0 Å². The molecule has 10 heteroatoms. The third-order valence-corrected chi connectivity index (χ3v) is 5.36. The number of nitrogens with zero attached hydrogens (tertiary/aromatic N) is 1. The minimum atomic E-state index is -0.937. The van der Waals surface area contributed by atoms with Gasteiger partial charge in [0.25, 0.3) is 11.5 Å². The predicted octanol–water partition coefficient (Wildman–Crippen LogP) is 1.32. The van der Waals surface area contributed by atoms with Crippen LogP contribution >= 0.6 is 0 Å². The summed E-state index contributed by atoms with van der Waals surface area (Å²) >= 11 is 0. The van der Waals surface area contributed by atoms with Crippen LogP contribution in [0.3, 0.4) is 0 Å². The molecule has 0 unspecified atom stereocenters. The van der Waals surface area contributed by atoms with Crippen LogP contribution < -0.4 is 20.9 Å². The molecular formula is C21H24BN3O6. The molecule has 2 aromatic heterocycles. The molecule has 2 heterocycles. The van der Waals surface area contributed by atoms with Crippen molar-refractivity contribution in [3.8, 4) is 5.75 Å². The molecule has 0 spiro atoms. The number of carbonyl (C=O) groups excluding carboxylic acids is 2. The Kier molecular flexibility index (Phi) is 7.33. The molecule has 1 aliphatic carbocycles. The summed E-state index contributed by atoms with van der Waals surface area (Å²) in [5, 5.41) is 14.6. The molecule has 9 nitrogen and oxygen atoms in total. The Morgan fingerprint density at radius 1 is 1.16 bits per heavy atom. The molecule has 3 rings (SSSR count). The molecule has 2 amide bonds. The first-order chi connectivity index (χ1) is 14.9. The molecule has 1 aliphatic rings. The van der Waals surface area contributed by atoms with Gasteiger partial charge < -0.3 is 20.5 Å². The highest BCUT2D eigenvalue weighted by Crippen LogP contribution is 2.25. The number of nitrogens with one attached hydrogen (secondary N) is 2. The van der Waals surface area contributed by atoms with Crippen molar-refractivity contribution in [1.29, 1.82) is 0 Å². The van der Waals surface area contributed by atoms with Gasteiger partial charge in [0.2, 0.25) is 0 Å². The van der Waals surface area contributed by atoms with Gasteiger partial charge in [-0.15, -0.1) is 0 Å². The summed E-state index contributed by atoms with van der Waals surface area (Å²) in [6.07, 6.45) is 4.75. The quantitative estimate of drug-likeness (QED) is 0.433. The number of fused-ring (bicyclic) bond motifs is 1. The molecule has 2 radical (unpaired) electrons. The van der Waals surface area contributed by atoms with Gasteiger partial charge in [-0.2, -0.15) is 0 Å². The van der Waals surface area contributed by atoms with E-state index in [0.717, 1.165) is 12.8 Å². The summed E-state index contributed by atoms with van der Waals surface area (Å²) in [7, 11) is 4.99. The summed E-state index contributed by atoms with van der Waals surface area (Å²) in [5.41, 5.74) is 0.0129. The molecule has 0 bridgehead atoms. The van der Waals surface area contributed by atoms with Crippen molar-refractivity contribution in [3.05, 3.63) is 46.4 Å². The number of aliphatic carboxylic acids is 1. The molecule has 162 valence electrons. The molecule has 0 aliphatic heterocycles. The first kappa shape index (κ1) is 22.4. The van der Waals surface area contributed by atoms with Crippen LogP contribution in [0.1, 0.15) is 42.5 Å². The lowest BCUT2D eigenvalue weighted by molar-refractivity contribution is -0.143. The van der Waals surface area contributed by atoms with Crippen molar-refractivity contribution in [1.82, 2.24) is 15.0 Å². The first-order valence-corrected chi connectivity index (χ1v) is 10.2. The summed E-state index contributed by atoms with van der Waals surface area (Å²) in [6.45, 7) is 0.671. The van der Waals surface area contributed by atoms with Crippen LogP contribution in [0.2, 0.25) is 0 Å². The van der Waals surface area contributed by atoms with Gasteiger partial charge in [0, 0.05) is 18.1 Å². The molecule has 31 heavy (non-hydrogen) atoms. The summed E-state index contributed by atoms with van der Waals surface area (Å²) < 4.78 is 6.92. The van der Waals surface area contributed by atoms with E-state index in [1.807, 2.05) is 0 Å². The molecule has 0 aromatic carbocycles. The maximum absolute atomic E-state index is 12.9. The van der Waals surface area contributed by atoms with Crippen LogP contribution in [0, 0.1) is 5.92 Å². The first-order valence-electron chi connectivity index (χ1n) is 10.2. The zero-order valence-corrected chi connectivity index (χ0v) is 17.0. The van der Waals surface area contributed by atoms with E-state index in [1.165, 1.54) is 16.7 Å². The minimum absolute atomic E-state index is 0.0602. The zero-order valence-electron chi connectivity index (χ0n) is 17.0. The third kappa shape index (κ3) is 5.65. The third-order valence-electron chi connectivity index (χ3n) is 5.36. The second-order valence-corrected chi connectivity index (χ2v) is 7.51. The Morgan fingerprint density at radius 2 is 1.90 bits per heavy atom. The highest BCUT2D eigenvalue weighted by molar-refractivity contribution is 6.57. The van der Waals surface area contributed by atoms with E-state index in [2.05, 4.69) is 10.6 Å². The van der Waals surface area contributed by atoms with Crippen molar-refractivity contribution in [2.45, 2.75) is 38.1 Å². The van der Waals surface area contributed by atoms with Gasteiger partial charge in [0.1, 0.15) is 11.3 Å².